The molecule has 1 atom stereocenters. The zero-order chi connectivity index (χ0) is 8.27. The topological polar surface area (TPSA) is 71.8 Å². The first-order valence-corrected chi connectivity index (χ1v) is 3.53. The van der Waals surface area contributed by atoms with Gasteiger partial charge < -0.3 is 10.7 Å². The maximum Gasteiger partial charge on any atom is 0.217 e. The number of H-pyrrole nitrogens is 1. The summed E-state index contributed by atoms with van der Waals surface area (Å²) in [6.07, 6.45) is 3.70. The van der Waals surface area contributed by atoms with Crippen molar-refractivity contribution in [3.63, 3.8) is 0 Å². The Hall–Kier alpha value is -0.810. The molecular weight excluding hydrogens is 162 g/mol. The third-order valence-corrected chi connectivity index (χ3v) is 1.43. The molecule has 0 aliphatic carbocycles. The number of nitrogens with two attached hydrogens (primary N) is 1. The van der Waals surface area contributed by atoms with Gasteiger partial charge in [0.1, 0.15) is 0 Å². The van der Waals surface area contributed by atoms with Crippen LogP contribution in [-0.4, -0.2) is 22.3 Å². The molecule has 0 bridgehead atoms. The van der Waals surface area contributed by atoms with Gasteiger partial charge in [0.25, 0.3) is 0 Å². The Morgan fingerprint density at radius 3 is 3.09 bits per heavy atom. The highest BCUT2D eigenvalue weighted by Crippen LogP contribution is 2.01. The molecule has 1 radical (unpaired) electrons. The van der Waals surface area contributed by atoms with Gasteiger partial charge in [-0.15, -0.1) is 12.6 Å². The third kappa shape index (κ3) is 2.36. The van der Waals surface area contributed by atoms with Gasteiger partial charge in [0, 0.05) is 18.3 Å². The Labute approximate surface area is 69.6 Å². The van der Waals surface area contributed by atoms with E-state index in [0.29, 0.717) is 11.6 Å². The minimum Gasteiger partial charge on any atom is -0.337 e. The Balaban J connectivity index is 2.57. The number of aromatic nitrogens is 2. The number of thiol groups is 1. The molecule has 1 rings (SSSR count). The van der Waals surface area contributed by atoms with Crippen LogP contribution in [0.3, 0.4) is 0 Å². The molecule has 1 aromatic heterocycles. The first-order valence-electron chi connectivity index (χ1n) is 3.08. The van der Waals surface area contributed by atoms with Gasteiger partial charge in [0.15, 0.2) is 5.16 Å². The fraction of sp³-hybridized carbons (Fsp3) is 0.333. The first-order chi connectivity index (χ1) is 5.22. The van der Waals surface area contributed by atoms with E-state index in [1.807, 2.05) is 0 Å². The Kier molecular flexibility index (Phi) is 2.67. The SMILES string of the molecule is N[C@H]([C]=O)Cc1cnc(S)[nH]1. The molecule has 0 aliphatic rings. The zero-order valence-corrected chi connectivity index (χ0v) is 6.64. The van der Waals surface area contributed by atoms with Crippen molar-refractivity contribution in [3.05, 3.63) is 11.9 Å². The summed E-state index contributed by atoms with van der Waals surface area (Å²) in [5.41, 5.74) is 6.11. The molecule has 0 fully saturated rings. The molecule has 11 heavy (non-hydrogen) atoms. The van der Waals surface area contributed by atoms with E-state index >= 15 is 0 Å². The van der Waals surface area contributed by atoms with E-state index in [0.717, 1.165) is 5.69 Å². The van der Waals surface area contributed by atoms with Gasteiger partial charge in [-0.1, -0.05) is 0 Å². The van der Waals surface area contributed by atoms with Crippen LogP contribution in [0.5, 0.6) is 0 Å². The second-order valence-corrected chi connectivity index (χ2v) is 2.58. The van der Waals surface area contributed by atoms with Crippen LogP contribution in [0.2, 0.25) is 0 Å². The van der Waals surface area contributed by atoms with Gasteiger partial charge in [-0.3, -0.25) is 4.79 Å². The van der Waals surface area contributed by atoms with Crippen molar-refractivity contribution in [2.45, 2.75) is 17.6 Å². The molecule has 5 heteroatoms. The predicted octanol–water partition coefficient (Wildman–Crippen LogP) is -0.322. The maximum atomic E-state index is 10.0. The van der Waals surface area contributed by atoms with E-state index < -0.39 is 6.04 Å². The summed E-state index contributed by atoms with van der Waals surface area (Å²) < 4.78 is 0. The van der Waals surface area contributed by atoms with E-state index in [1.165, 1.54) is 0 Å². The summed E-state index contributed by atoms with van der Waals surface area (Å²) in [6.45, 7) is 0. The lowest BCUT2D eigenvalue weighted by molar-refractivity contribution is 0.540. The van der Waals surface area contributed by atoms with Crippen LogP contribution in [0, 0.1) is 0 Å². The molecule has 0 amide bonds. The van der Waals surface area contributed by atoms with E-state index in [1.54, 1.807) is 12.5 Å². The van der Waals surface area contributed by atoms with Crippen LogP contribution in [0.15, 0.2) is 11.4 Å². The van der Waals surface area contributed by atoms with E-state index in [4.69, 9.17) is 5.73 Å². The average Bonchev–Trinajstić information content (AvgIpc) is 2.35. The van der Waals surface area contributed by atoms with Crippen molar-refractivity contribution in [2.24, 2.45) is 5.73 Å². The van der Waals surface area contributed by atoms with Gasteiger partial charge in [-0.2, -0.15) is 0 Å². The minimum absolute atomic E-state index is 0.428. The number of nitrogens with zero attached hydrogens (tertiary/aromatic N) is 1. The summed E-state index contributed by atoms with van der Waals surface area (Å²) in [4.78, 5) is 16.7. The van der Waals surface area contributed by atoms with Crippen LogP contribution in [0.25, 0.3) is 0 Å². The molecule has 0 saturated heterocycles. The summed E-state index contributed by atoms with van der Waals surface area (Å²) in [5.74, 6) is 0. The largest absolute Gasteiger partial charge is 0.337 e. The molecule has 3 N–H and O–H groups in total. The van der Waals surface area contributed by atoms with E-state index in [2.05, 4.69) is 22.6 Å². The molecule has 0 unspecified atom stereocenters. The molecule has 0 spiro atoms. The molecule has 0 saturated carbocycles. The molecule has 0 aromatic carbocycles. The Morgan fingerprint density at radius 1 is 1.91 bits per heavy atom. The number of hydrogen-bond donors (Lipinski definition) is 3. The second kappa shape index (κ2) is 3.54. The lowest BCUT2D eigenvalue weighted by Gasteiger charge is -1.97. The molecule has 0 aliphatic heterocycles. The molecule has 1 aromatic rings. The first kappa shape index (κ1) is 8.29. The number of carbonyl (C=O) groups excluding carboxylic acids is 1. The monoisotopic (exact) mass is 170 g/mol. The van der Waals surface area contributed by atoms with E-state index in [9.17, 15) is 4.79 Å². The zero-order valence-electron chi connectivity index (χ0n) is 5.74. The van der Waals surface area contributed by atoms with Gasteiger partial charge in [0.2, 0.25) is 6.29 Å². The van der Waals surface area contributed by atoms with Crippen molar-refractivity contribution >= 4 is 18.9 Å². The molecule has 4 nitrogen and oxygen atoms in total. The quantitative estimate of drug-likeness (QED) is 0.544. The van der Waals surface area contributed by atoms with Crippen LogP contribution in [-0.2, 0) is 11.2 Å². The fourth-order valence-corrected chi connectivity index (χ4v) is 0.931. The standard InChI is InChI=1S/C6H8N3OS/c7-4(3-10)1-5-2-8-6(11)9-5/h2,4H,1,7H2,(H2,8,9,11)/t4-/m0/s1. The summed E-state index contributed by atoms with van der Waals surface area (Å²) >= 11 is 3.95. The van der Waals surface area contributed by atoms with Crippen LogP contribution in [0.1, 0.15) is 5.69 Å². The Morgan fingerprint density at radius 2 is 2.64 bits per heavy atom. The van der Waals surface area contributed by atoms with Gasteiger partial charge >= 0.3 is 0 Å². The smallest absolute Gasteiger partial charge is 0.217 e. The second-order valence-electron chi connectivity index (χ2n) is 2.16. The Bertz CT molecular complexity index is 248. The normalized spacial score (nSPS) is 12.9. The van der Waals surface area contributed by atoms with Crippen LogP contribution < -0.4 is 5.73 Å². The average molecular weight is 170 g/mol. The summed E-state index contributed by atoms with van der Waals surface area (Å²) in [7, 11) is 0. The molecular formula is C6H8N3OS. The van der Waals surface area contributed by atoms with Crippen molar-refractivity contribution in [2.75, 3.05) is 0 Å². The van der Waals surface area contributed by atoms with Crippen molar-refractivity contribution < 1.29 is 4.79 Å². The molecule has 1 heterocycles. The van der Waals surface area contributed by atoms with E-state index in [-0.39, 0.29) is 0 Å². The number of hydrogen-bond acceptors (Lipinski definition) is 4. The number of rotatable bonds is 3. The molecule has 59 valence electrons. The fourth-order valence-electron chi connectivity index (χ4n) is 0.730. The predicted molar refractivity (Wildman–Crippen MR) is 43.2 cm³/mol. The number of aromatic amines is 1. The number of nitrogens with one attached hydrogen (secondary N) is 1. The van der Waals surface area contributed by atoms with Crippen LogP contribution in [0.4, 0.5) is 0 Å². The van der Waals surface area contributed by atoms with Gasteiger partial charge in [-0.05, 0) is 0 Å². The van der Waals surface area contributed by atoms with Crippen molar-refractivity contribution in [1.29, 1.82) is 0 Å². The highest BCUT2D eigenvalue weighted by atomic mass is 32.1. The van der Waals surface area contributed by atoms with Crippen molar-refractivity contribution in [1.82, 2.24) is 9.97 Å². The van der Waals surface area contributed by atoms with Gasteiger partial charge in [0.05, 0.1) is 6.04 Å². The lowest BCUT2D eigenvalue weighted by atomic mass is 10.2. The van der Waals surface area contributed by atoms with Crippen LogP contribution >= 0.6 is 12.6 Å². The highest BCUT2D eigenvalue weighted by molar-refractivity contribution is 7.80. The summed E-state index contributed by atoms with van der Waals surface area (Å²) in [5, 5.41) is 0.526. The lowest BCUT2D eigenvalue weighted by Crippen LogP contribution is -2.24. The minimum atomic E-state index is -0.580. The summed E-state index contributed by atoms with van der Waals surface area (Å²) in [6, 6.07) is -0.580. The van der Waals surface area contributed by atoms with Crippen molar-refractivity contribution in [3.8, 4) is 0 Å². The number of imidazole rings is 1. The maximum absolute atomic E-state index is 10.0. The van der Waals surface area contributed by atoms with Gasteiger partial charge in [-0.25, -0.2) is 4.98 Å². The highest BCUT2D eigenvalue weighted by Gasteiger charge is 2.04. The third-order valence-electron chi connectivity index (χ3n) is 1.21.